The Labute approximate surface area is 68.1 Å². The van der Waals surface area contributed by atoms with Crippen LogP contribution in [0.2, 0.25) is 0 Å². The standard InChI is InChI=1S/C10H16O/c1-10(2,11)9-6-7-3-4-8(9)5-7/h3,8-9,11H,4-6H2,1-2H3. The summed E-state index contributed by atoms with van der Waals surface area (Å²) in [7, 11) is 0. The molecule has 0 spiro atoms. The lowest BCUT2D eigenvalue weighted by molar-refractivity contribution is 0.000270. The van der Waals surface area contributed by atoms with Crippen LogP contribution in [0.4, 0.5) is 0 Å². The molecule has 2 aliphatic rings. The number of aliphatic hydroxyl groups is 1. The molecular weight excluding hydrogens is 136 g/mol. The maximum atomic E-state index is 9.81. The minimum atomic E-state index is -0.458. The van der Waals surface area contributed by atoms with Crippen LogP contribution >= 0.6 is 0 Å². The average molecular weight is 152 g/mol. The van der Waals surface area contributed by atoms with Crippen molar-refractivity contribution in [1.29, 1.82) is 0 Å². The van der Waals surface area contributed by atoms with Gasteiger partial charge in [0.15, 0.2) is 0 Å². The molecule has 62 valence electrons. The zero-order chi connectivity index (χ0) is 8.06. The van der Waals surface area contributed by atoms with Gasteiger partial charge in [0.25, 0.3) is 0 Å². The largest absolute Gasteiger partial charge is 0.390 e. The topological polar surface area (TPSA) is 20.2 Å². The molecule has 1 saturated carbocycles. The van der Waals surface area contributed by atoms with E-state index in [0.29, 0.717) is 5.92 Å². The molecular formula is C10H16O. The first-order chi connectivity index (χ1) is 5.07. The van der Waals surface area contributed by atoms with Crippen LogP contribution in [0.3, 0.4) is 0 Å². The normalized spacial score (nSPS) is 36.1. The number of rotatable bonds is 1. The van der Waals surface area contributed by atoms with E-state index in [9.17, 15) is 5.11 Å². The molecule has 0 aromatic heterocycles. The van der Waals surface area contributed by atoms with Crippen LogP contribution in [0, 0.1) is 11.8 Å². The number of hydrogen-bond donors (Lipinski definition) is 1. The first-order valence-electron chi connectivity index (χ1n) is 4.47. The van der Waals surface area contributed by atoms with Gasteiger partial charge in [-0.25, -0.2) is 0 Å². The van der Waals surface area contributed by atoms with Crippen molar-refractivity contribution in [3.63, 3.8) is 0 Å². The highest BCUT2D eigenvalue weighted by molar-refractivity contribution is 5.20. The molecule has 0 aromatic carbocycles. The Bertz CT molecular complexity index is 197. The predicted molar refractivity (Wildman–Crippen MR) is 45.2 cm³/mol. The minimum absolute atomic E-state index is 0.458. The van der Waals surface area contributed by atoms with E-state index < -0.39 is 5.60 Å². The summed E-state index contributed by atoms with van der Waals surface area (Å²) in [5.41, 5.74) is 1.13. The molecule has 2 rings (SSSR count). The molecule has 1 heteroatoms. The van der Waals surface area contributed by atoms with E-state index in [-0.39, 0.29) is 0 Å². The Morgan fingerprint density at radius 3 is 2.45 bits per heavy atom. The van der Waals surface area contributed by atoms with Gasteiger partial charge in [-0.1, -0.05) is 11.6 Å². The molecule has 1 fully saturated rings. The van der Waals surface area contributed by atoms with Gasteiger partial charge in [0, 0.05) is 0 Å². The van der Waals surface area contributed by atoms with Crippen LogP contribution in [-0.4, -0.2) is 10.7 Å². The molecule has 11 heavy (non-hydrogen) atoms. The zero-order valence-electron chi connectivity index (χ0n) is 7.30. The highest BCUT2D eigenvalue weighted by atomic mass is 16.3. The van der Waals surface area contributed by atoms with Gasteiger partial charge in [-0.2, -0.15) is 0 Å². The molecule has 2 bridgehead atoms. The molecule has 1 nitrogen and oxygen atoms in total. The van der Waals surface area contributed by atoms with E-state index in [1.54, 1.807) is 5.57 Å². The van der Waals surface area contributed by atoms with Gasteiger partial charge >= 0.3 is 0 Å². The molecule has 0 saturated heterocycles. The van der Waals surface area contributed by atoms with Gasteiger partial charge in [-0.05, 0) is 44.9 Å². The minimum Gasteiger partial charge on any atom is -0.390 e. The first-order valence-corrected chi connectivity index (χ1v) is 4.47. The zero-order valence-corrected chi connectivity index (χ0v) is 7.30. The Morgan fingerprint density at radius 1 is 1.45 bits per heavy atom. The molecule has 2 atom stereocenters. The van der Waals surface area contributed by atoms with Crippen LogP contribution in [0.1, 0.15) is 33.1 Å². The van der Waals surface area contributed by atoms with E-state index in [2.05, 4.69) is 6.08 Å². The molecule has 2 aliphatic carbocycles. The van der Waals surface area contributed by atoms with E-state index in [0.717, 1.165) is 12.3 Å². The van der Waals surface area contributed by atoms with Crippen LogP contribution in [0.25, 0.3) is 0 Å². The molecule has 0 aromatic rings. The lowest BCUT2D eigenvalue weighted by atomic mass is 9.80. The van der Waals surface area contributed by atoms with Crippen molar-refractivity contribution in [3.05, 3.63) is 11.6 Å². The third-order valence-electron chi connectivity index (χ3n) is 3.19. The quantitative estimate of drug-likeness (QED) is 0.570. The fraction of sp³-hybridized carbons (Fsp3) is 0.800. The van der Waals surface area contributed by atoms with Crippen molar-refractivity contribution in [2.75, 3.05) is 0 Å². The third-order valence-corrected chi connectivity index (χ3v) is 3.19. The smallest absolute Gasteiger partial charge is 0.0625 e. The summed E-state index contributed by atoms with van der Waals surface area (Å²) in [6, 6.07) is 0. The maximum Gasteiger partial charge on any atom is 0.0625 e. The highest BCUT2D eigenvalue weighted by Gasteiger charge is 2.41. The van der Waals surface area contributed by atoms with Crippen LogP contribution < -0.4 is 0 Å². The van der Waals surface area contributed by atoms with Gasteiger partial charge in [-0.3, -0.25) is 0 Å². The summed E-state index contributed by atoms with van der Waals surface area (Å²) in [5.74, 6) is 1.28. The lowest BCUT2D eigenvalue weighted by Gasteiger charge is -2.31. The third kappa shape index (κ3) is 1.12. The monoisotopic (exact) mass is 152 g/mol. The van der Waals surface area contributed by atoms with Crippen molar-refractivity contribution >= 4 is 0 Å². The van der Waals surface area contributed by atoms with Crippen molar-refractivity contribution < 1.29 is 5.11 Å². The van der Waals surface area contributed by atoms with E-state index >= 15 is 0 Å². The Morgan fingerprint density at radius 2 is 2.18 bits per heavy atom. The summed E-state index contributed by atoms with van der Waals surface area (Å²) < 4.78 is 0. The maximum absolute atomic E-state index is 9.81. The van der Waals surface area contributed by atoms with E-state index in [1.165, 1.54) is 12.8 Å². The van der Waals surface area contributed by atoms with Crippen LogP contribution in [0.15, 0.2) is 11.6 Å². The summed E-state index contributed by atoms with van der Waals surface area (Å²) in [6.45, 7) is 3.89. The number of fused-ring (bicyclic) bond motifs is 2. The van der Waals surface area contributed by atoms with E-state index in [4.69, 9.17) is 0 Å². The average Bonchev–Trinajstić information content (AvgIpc) is 2.42. The molecule has 0 aliphatic heterocycles. The van der Waals surface area contributed by atoms with E-state index in [1.807, 2.05) is 13.8 Å². The fourth-order valence-electron chi connectivity index (χ4n) is 2.57. The second-order valence-corrected chi connectivity index (χ2v) is 4.53. The van der Waals surface area contributed by atoms with Crippen molar-refractivity contribution in [2.24, 2.45) is 11.8 Å². The fourth-order valence-corrected chi connectivity index (χ4v) is 2.57. The molecule has 0 heterocycles. The Hall–Kier alpha value is -0.300. The second-order valence-electron chi connectivity index (χ2n) is 4.53. The Balaban J connectivity index is 2.15. The van der Waals surface area contributed by atoms with Gasteiger partial charge in [-0.15, -0.1) is 0 Å². The van der Waals surface area contributed by atoms with Crippen molar-refractivity contribution in [2.45, 2.75) is 38.7 Å². The highest BCUT2D eigenvalue weighted by Crippen LogP contribution is 2.48. The summed E-state index contributed by atoms with van der Waals surface area (Å²) in [5, 5.41) is 9.81. The second kappa shape index (κ2) is 2.10. The molecule has 0 radical (unpaired) electrons. The number of hydrogen-bond acceptors (Lipinski definition) is 1. The summed E-state index contributed by atoms with van der Waals surface area (Å²) >= 11 is 0. The Kier molecular flexibility index (Phi) is 1.40. The van der Waals surface area contributed by atoms with Gasteiger partial charge in [0.2, 0.25) is 0 Å². The molecule has 2 unspecified atom stereocenters. The van der Waals surface area contributed by atoms with Gasteiger partial charge in [0.05, 0.1) is 5.60 Å². The molecule has 1 N–H and O–H groups in total. The summed E-state index contributed by atoms with van der Waals surface area (Å²) in [6.07, 6.45) is 5.97. The summed E-state index contributed by atoms with van der Waals surface area (Å²) in [4.78, 5) is 0. The van der Waals surface area contributed by atoms with Crippen LogP contribution in [-0.2, 0) is 0 Å². The van der Waals surface area contributed by atoms with Gasteiger partial charge in [0.1, 0.15) is 0 Å². The SMILES string of the molecule is CC(C)(O)C1CC2=CCC1C2. The molecule has 0 amide bonds. The lowest BCUT2D eigenvalue weighted by Crippen LogP contribution is -2.33. The van der Waals surface area contributed by atoms with Gasteiger partial charge < -0.3 is 5.11 Å². The first kappa shape index (κ1) is 7.35. The number of allylic oxidation sites excluding steroid dienone is 2. The predicted octanol–water partition coefficient (Wildman–Crippen LogP) is 2.11. The van der Waals surface area contributed by atoms with Crippen LogP contribution in [0.5, 0.6) is 0 Å². The van der Waals surface area contributed by atoms with Crippen molar-refractivity contribution in [1.82, 2.24) is 0 Å². The van der Waals surface area contributed by atoms with Crippen molar-refractivity contribution in [3.8, 4) is 0 Å².